The van der Waals surface area contributed by atoms with Gasteiger partial charge in [-0.3, -0.25) is 48.1 Å². The second-order valence-corrected chi connectivity index (χ2v) is 19.1. The predicted molar refractivity (Wildman–Crippen MR) is 265 cm³/mol. The van der Waals surface area contributed by atoms with E-state index in [4.69, 9.17) is 17.2 Å². The summed E-state index contributed by atoms with van der Waals surface area (Å²) in [6.07, 6.45) is 3.04. The Morgan fingerprint density at radius 2 is 1.28 bits per heavy atom. The fourth-order valence-corrected chi connectivity index (χ4v) is 9.75. The number of nitrogens with one attached hydrogen (secondary N) is 9. The Morgan fingerprint density at radius 1 is 0.704 bits per heavy atom. The van der Waals surface area contributed by atoms with Crippen LogP contribution in [0.2, 0.25) is 0 Å². The Kier molecular flexibility index (Phi) is 20.6. The van der Waals surface area contributed by atoms with Crippen molar-refractivity contribution in [2.45, 2.75) is 94.2 Å². The van der Waals surface area contributed by atoms with E-state index in [1.807, 2.05) is 18.2 Å². The van der Waals surface area contributed by atoms with Gasteiger partial charge in [-0.15, -0.1) is 0 Å². The SMILES string of the molecule is CC(=O)N[C@H]1CSSC[C@@H](C(N)=O)NC(=O)[C@H](Cc2c[nH]c3ccccc23)NC(=O)[C@H](CCCN=C(N)N)NC(=O)[C@H](Cc2ccccc2)NC(=O)[C@H](Cc2cnc[nH]2)NC(=O)[C@H](CCC(=O)O)NC1=O. The maximum Gasteiger partial charge on any atom is 0.303 e. The number of imidazole rings is 1. The van der Waals surface area contributed by atoms with Gasteiger partial charge in [-0.25, -0.2) is 4.98 Å². The van der Waals surface area contributed by atoms with Gasteiger partial charge in [0, 0.05) is 79.6 Å². The number of H-pyrrole nitrogens is 2. The van der Waals surface area contributed by atoms with Gasteiger partial charge in [0.15, 0.2) is 5.96 Å². The van der Waals surface area contributed by atoms with Crippen LogP contribution < -0.4 is 54.4 Å². The highest BCUT2D eigenvalue weighted by molar-refractivity contribution is 8.76. The molecule has 2 aromatic carbocycles. The first-order valence-corrected chi connectivity index (χ1v) is 24.9. The maximum atomic E-state index is 14.6. The number of hydrogen-bond acceptors (Lipinski definition) is 13. The van der Waals surface area contributed by atoms with Gasteiger partial charge in [0.2, 0.25) is 47.3 Å². The number of benzene rings is 2. The molecule has 1 fully saturated rings. The van der Waals surface area contributed by atoms with Crippen LogP contribution in [0.3, 0.4) is 0 Å². The summed E-state index contributed by atoms with van der Waals surface area (Å²) in [5, 5.41) is 28.8. The van der Waals surface area contributed by atoms with Gasteiger partial charge in [-0.1, -0.05) is 70.1 Å². The molecule has 16 N–H and O–H groups in total. The molecule has 24 nitrogen and oxygen atoms in total. The number of aromatic nitrogens is 3. The van der Waals surface area contributed by atoms with Gasteiger partial charge < -0.3 is 69.5 Å². The minimum absolute atomic E-state index is 0.0514. The third-order valence-electron chi connectivity index (χ3n) is 11.0. The molecule has 71 heavy (non-hydrogen) atoms. The number of aliphatic carboxylic acids is 1. The number of amides is 8. The van der Waals surface area contributed by atoms with Crippen LogP contribution in [0.25, 0.3) is 10.9 Å². The summed E-state index contributed by atoms with van der Waals surface area (Å²) in [7, 11) is 2.03. The third-order valence-corrected chi connectivity index (χ3v) is 13.4. The Balaban J connectivity index is 1.58. The van der Waals surface area contributed by atoms with Gasteiger partial charge >= 0.3 is 5.97 Å². The molecule has 0 bridgehead atoms. The molecule has 2 aromatic heterocycles. The van der Waals surface area contributed by atoms with E-state index in [-0.39, 0.29) is 56.1 Å². The Labute approximate surface area is 415 Å². The zero-order valence-corrected chi connectivity index (χ0v) is 40.2. The van der Waals surface area contributed by atoms with E-state index in [1.165, 1.54) is 12.5 Å². The summed E-state index contributed by atoms with van der Waals surface area (Å²) in [6, 6.07) is 6.05. The molecule has 0 unspecified atom stereocenters. The van der Waals surface area contributed by atoms with Crippen LogP contribution in [0, 0.1) is 0 Å². The number of nitrogens with zero attached hydrogens (tertiary/aromatic N) is 2. The first-order valence-electron chi connectivity index (χ1n) is 22.4. The molecule has 0 saturated carbocycles. The lowest BCUT2D eigenvalue weighted by Crippen LogP contribution is -2.61. The van der Waals surface area contributed by atoms with Crippen molar-refractivity contribution in [3.63, 3.8) is 0 Å². The molecule has 3 heterocycles. The van der Waals surface area contributed by atoms with Gasteiger partial charge in [-0.2, -0.15) is 0 Å². The lowest BCUT2D eigenvalue weighted by molar-refractivity contribution is -0.138. The second-order valence-electron chi connectivity index (χ2n) is 16.5. The molecule has 1 aliphatic heterocycles. The number of para-hydroxylation sites is 1. The molecule has 0 spiro atoms. The van der Waals surface area contributed by atoms with Crippen molar-refractivity contribution in [1.29, 1.82) is 0 Å². The average molecular weight is 1020 g/mol. The van der Waals surface area contributed by atoms with Crippen molar-refractivity contribution >= 4 is 91.7 Å². The summed E-state index contributed by atoms with van der Waals surface area (Å²) in [5.41, 5.74) is 19.2. The van der Waals surface area contributed by atoms with Crippen molar-refractivity contribution in [3.8, 4) is 0 Å². The molecule has 4 aromatic rings. The predicted octanol–water partition coefficient (Wildman–Crippen LogP) is -1.87. The van der Waals surface area contributed by atoms with Crippen LogP contribution in [0.15, 0.2) is 78.3 Å². The van der Waals surface area contributed by atoms with Crippen molar-refractivity contribution in [3.05, 3.63) is 90.1 Å². The summed E-state index contributed by atoms with van der Waals surface area (Å²) in [4.78, 5) is 137. The maximum absolute atomic E-state index is 14.6. The highest BCUT2D eigenvalue weighted by atomic mass is 33.1. The number of hydrogen-bond donors (Lipinski definition) is 13. The number of aromatic amines is 2. The zero-order valence-electron chi connectivity index (χ0n) is 38.6. The summed E-state index contributed by atoms with van der Waals surface area (Å²) in [6.45, 7) is 1.21. The van der Waals surface area contributed by atoms with E-state index in [0.29, 0.717) is 16.8 Å². The Morgan fingerprint density at radius 3 is 1.92 bits per heavy atom. The molecule has 380 valence electrons. The lowest BCUT2D eigenvalue weighted by atomic mass is 10.0. The number of carbonyl (C=O) groups excluding carboxylic acids is 8. The van der Waals surface area contributed by atoms with E-state index < -0.39 is 108 Å². The van der Waals surface area contributed by atoms with Crippen molar-refractivity contribution in [2.24, 2.45) is 22.2 Å². The number of rotatable bonds is 15. The van der Waals surface area contributed by atoms with E-state index >= 15 is 0 Å². The molecular formula is C45H58N14O10S2. The van der Waals surface area contributed by atoms with Crippen molar-refractivity contribution in [1.82, 2.24) is 52.2 Å². The summed E-state index contributed by atoms with van der Waals surface area (Å²) < 4.78 is 0. The molecule has 1 aliphatic rings. The van der Waals surface area contributed by atoms with Gasteiger partial charge in [0.25, 0.3) is 0 Å². The number of carboxylic acid groups (broad SMARTS) is 1. The number of aliphatic imine (C=N–C) groups is 1. The molecule has 0 radical (unpaired) electrons. The van der Waals surface area contributed by atoms with Gasteiger partial charge in [0.1, 0.15) is 42.3 Å². The fourth-order valence-electron chi connectivity index (χ4n) is 7.41. The lowest BCUT2D eigenvalue weighted by Gasteiger charge is -2.28. The zero-order chi connectivity index (χ0) is 51.5. The summed E-state index contributed by atoms with van der Waals surface area (Å²) >= 11 is 0. The molecule has 26 heteroatoms. The van der Waals surface area contributed by atoms with Gasteiger partial charge in [0.05, 0.1) is 6.33 Å². The summed E-state index contributed by atoms with van der Waals surface area (Å²) in [5.74, 6) is -8.55. The monoisotopic (exact) mass is 1020 g/mol. The van der Waals surface area contributed by atoms with Crippen molar-refractivity contribution < 1.29 is 48.3 Å². The molecule has 1 saturated heterocycles. The van der Waals surface area contributed by atoms with Crippen LogP contribution >= 0.6 is 21.6 Å². The van der Waals surface area contributed by atoms with Crippen LogP contribution in [-0.4, -0.2) is 140 Å². The number of fused-ring (bicyclic) bond motifs is 1. The standard InChI is InChI=1S/C45H58N14O10S2/c1-24(60)53-36-22-71-70-21-35(38(46)63)59-42(67)33(17-26-19-51-29-11-6-5-10-28(26)29)57-39(64)30(12-7-15-50-45(47)48)54-41(66)32(16-25-8-3-2-4-9-25)56-43(68)34(18-27-20-49-23-52-27)58-40(65)31(55-44(36)69)13-14-37(61)62/h2-6,8-11,19-20,23,30-36,51H,7,12-18,21-22H2,1H3,(H2,46,63)(H,49,52)(H,53,60)(H,54,66)(H,55,69)(H,56,68)(H,57,64)(H,58,65)(H,59,67)(H,61,62)(H4,47,48,50)/t30-,31-,32-,33-,34-,35-,36-/m0/s1. The third kappa shape index (κ3) is 17.4. The highest BCUT2D eigenvalue weighted by Gasteiger charge is 2.35. The van der Waals surface area contributed by atoms with Gasteiger partial charge in [-0.05, 0) is 36.5 Å². The molecule has 0 aliphatic carbocycles. The van der Waals surface area contributed by atoms with Crippen LogP contribution in [0.5, 0.6) is 0 Å². The highest BCUT2D eigenvalue weighted by Crippen LogP contribution is 2.24. The number of guanidine groups is 1. The number of primary amides is 1. The average Bonchev–Trinajstić information content (AvgIpc) is 4.00. The molecule has 5 rings (SSSR count). The van der Waals surface area contributed by atoms with E-state index in [2.05, 4.69) is 57.2 Å². The Hall–Kier alpha value is -7.61. The first kappa shape index (κ1) is 54.3. The molecule has 7 atom stereocenters. The smallest absolute Gasteiger partial charge is 0.303 e. The van der Waals surface area contributed by atoms with E-state index in [1.54, 1.807) is 42.6 Å². The quantitative estimate of drug-likeness (QED) is 0.0269. The number of carboxylic acids is 1. The fraction of sp³-hybridized carbons (Fsp3) is 0.400. The number of carbonyl (C=O) groups is 9. The largest absolute Gasteiger partial charge is 0.481 e. The van der Waals surface area contributed by atoms with Crippen molar-refractivity contribution in [2.75, 3.05) is 18.1 Å². The normalized spacial score (nSPS) is 22.4. The van der Waals surface area contributed by atoms with Crippen LogP contribution in [-0.2, 0) is 62.4 Å². The van der Waals surface area contributed by atoms with E-state index in [9.17, 15) is 48.3 Å². The molecular weight excluding hydrogens is 961 g/mol. The minimum atomic E-state index is -1.56. The topological polar surface area (TPSA) is 393 Å². The van der Waals surface area contributed by atoms with Crippen LogP contribution in [0.1, 0.15) is 49.4 Å². The van der Waals surface area contributed by atoms with Crippen LogP contribution in [0.4, 0.5) is 0 Å². The minimum Gasteiger partial charge on any atom is -0.481 e. The molecule has 8 amide bonds. The first-order chi connectivity index (χ1) is 34.0. The number of nitrogens with two attached hydrogens (primary N) is 3. The second kappa shape index (κ2) is 27.0. The van der Waals surface area contributed by atoms with E-state index in [0.717, 1.165) is 39.4 Å². The Bertz CT molecular complexity index is 2540.